The molecule has 0 amide bonds. The van der Waals surface area contributed by atoms with Gasteiger partial charge in [0.25, 0.3) is 0 Å². The number of aromatic amines is 3. The molecule has 6 nitrogen and oxygen atoms in total. The van der Waals surface area contributed by atoms with Crippen molar-refractivity contribution in [3.05, 3.63) is 165 Å². The van der Waals surface area contributed by atoms with Gasteiger partial charge in [0.1, 0.15) is 0 Å². The van der Waals surface area contributed by atoms with Crippen LogP contribution in [0.3, 0.4) is 0 Å². The Morgan fingerprint density at radius 3 is 0.811 bits per heavy atom. The van der Waals surface area contributed by atoms with Gasteiger partial charge in [-0.3, -0.25) is 0 Å². The van der Waals surface area contributed by atoms with Gasteiger partial charge >= 0.3 is 17.5 Å². The third-order valence-electron chi connectivity index (χ3n) is 5.06. The molecule has 6 heterocycles. The molecule has 6 rings (SSSR count). The summed E-state index contributed by atoms with van der Waals surface area (Å²) in [7, 11) is 0. The third kappa shape index (κ3) is 8.92. The van der Waals surface area contributed by atoms with Crippen molar-refractivity contribution in [2.24, 2.45) is 0 Å². The summed E-state index contributed by atoms with van der Waals surface area (Å²) >= 11 is 0. The van der Waals surface area contributed by atoms with Crippen LogP contribution in [0.15, 0.2) is 165 Å². The SMILES string of the molecule is [Os].c1cc[n+](-c2cccc[nH+]2)cc1.c1cc[n+](-c2cccc[nH+]2)cc1.c1cc[n+](-c2cccc[nH+]2)cc1. The summed E-state index contributed by atoms with van der Waals surface area (Å²) in [6.45, 7) is 0. The molecule has 182 valence electrons. The predicted molar refractivity (Wildman–Crippen MR) is 134 cm³/mol. The fourth-order valence-electron chi connectivity index (χ4n) is 3.31. The molecular weight excluding hydrogens is 635 g/mol. The van der Waals surface area contributed by atoms with Crippen molar-refractivity contribution < 1.29 is 48.4 Å². The predicted octanol–water partition coefficient (Wildman–Crippen LogP) is 2.33. The van der Waals surface area contributed by atoms with E-state index >= 15 is 0 Å². The van der Waals surface area contributed by atoms with E-state index in [-0.39, 0.29) is 19.8 Å². The normalized spacial score (nSPS) is 9.41. The van der Waals surface area contributed by atoms with E-state index in [1.165, 1.54) is 0 Å². The maximum atomic E-state index is 3.15. The van der Waals surface area contributed by atoms with Crippen LogP contribution >= 0.6 is 0 Å². The molecule has 7 heteroatoms. The third-order valence-corrected chi connectivity index (χ3v) is 5.06. The van der Waals surface area contributed by atoms with E-state index in [1.807, 2.05) is 179 Å². The van der Waals surface area contributed by atoms with Gasteiger partial charge in [-0.15, -0.1) is 13.7 Å². The fraction of sp³-hybridized carbons (Fsp3) is 0. The smallest absolute Gasteiger partial charge is 0.155 e. The van der Waals surface area contributed by atoms with Crippen molar-refractivity contribution in [2.45, 2.75) is 0 Å². The second kappa shape index (κ2) is 15.5. The number of hydrogen-bond acceptors (Lipinski definition) is 0. The zero-order valence-electron chi connectivity index (χ0n) is 20.3. The van der Waals surface area contributed by atoms with Crippen molar-refractivity contribution >= 4 is 0 Å². The van der Waals surface area contributed by atoms with Gasteiger partial charge < -0.3 is 0 Å². The molecule has 0 aliphatic heterocycles. The number of pyridine rings is 6. The molecule has 0 saturated carbocycles. The summed E-state index contributed by atoms with van der Waals surface area (Å²) in [6.07, 6.45) is 17.8. The Morgan fingerprint density at radius 1 is 0.324 bits per heavy atom. The van der Waals surface area contributed by atoms with Gasteiger partial charge in [-0.05, 0) is 18.2 Å². The van der Waals surface area contributed by atoms with Crippen LogP contribution in [0.5, 0.6) is 0 Å². The van der Waals surface area contributed by atoms with Gasteiger partial charge in [0.05, 0.1) is 18.2 Å². The van der Waals surface area contributed by atoms with Gasteiger partial charge in [0.15, 0.2) is 55.8 Å². The van der Waals surface area contributed by atoms with Gasteiger partial charge in [0.2, 0.25) is 0 Å². The summed E-state index contributed by atoms with van der Waals surface area (Å²) in [4.78, 5) is 9.44. The van der Waals surface area contributed by atoms with Crippen LogP contribution in [-0.4, -0.2) is 0 Å². The summed E-state index contributed by atoms with van der Waals surface area (Å²) in [6, 6.07) is 36.0. The molecule has 0 saturated heterocycles. The van der Waals surface area contributed by atoms with Crippen LogP contribution in [0.25, 0.3) is 17.5 Å². The van der Waals surface area contributed by atoms with Crippen LogP contribution in [-0.2, 0) is 19.8 Å². The van der Waals surface area contributed by atoms with E-state index in [4.69, 9.17) is 0 Å². The van der Waals surface area contributed by atoms with Crippen LogP contribution < -0.4 is 28.7 Å². The number of nitrogens with zero attached hydrogens (tertiary/aromatic N) is 3. The quantitative estimate of drug-likeness (QED) is 0.261. The molecule has 0 aromatic carbocycles. The minimum absolute atomic E-state index is 0. The van der Waals surface area contributed by atoms with E-state index in [0.717, 1.165) is 17.5 Å². The second-order valence-electron chi connectivity index (χ2n) is 7.59. The average Bonchev–Trinajstić information content (AvgIpc) is 3.01. The topological polar surface area (TPSA) is 54.1 Å². The van der Waals surface area contributed by atoms with E-state index in [9.17, 15) is 0 Å². The number of hydrogen-bond donors (Lipinski definition) is 0. The molecule has 3 N–H and O–H groups in total. The molecule has 0 aliphatic carbocycles. The molecule has 6 aromatic heterocycles. The minimum atomic E-state index is 0. The molecule has 0 bridgehead atoms. The van der Waals surface area contributed by atoms with Gasteiger partial charge in [0, 0.05) is 74.4 Å². The summed E-state index contributed by atoms with van der Waals surface area (Å²) in [5, 5.41) is 0. The van der Waals surface area contributed by atoms with Crippen molar-refractivity contribution in [1.29, 1.82) is 0 Å². The number of rotatable bonds is 3. The van der Waals surface area contributed by atoms with Crippen LogP contribution in [0.2, 0.25) is 0 Å². The molecule has 0 unspecified atom stereocenters. The van der Waals surface area contributed by atoms with Gasteiger partial charge in [-0.25, -0.2) is 0 Å². The molecule has 0 radical (unpaired) electrons. The average molecular weight is 665 g/mol. The monoisotopic (exact) mass is 666 g/mol. The Bertz CT molecular complexity index is 1100. The Kier molecular flexibility index (Phi) is 11.4. The van der Waals surface area contributed by atoms with Crippen molar-refractivity contribution in [3.8, 4) is 17.5 Å². The zero-order valence-corrected chi connectivity index (χ0v) is 22.8. The van der Waals surface area contributed by atoms with E-state index in [2.05, 4.69) is 15.0 Å². The number of nitrogens with one attached hydrogen (secondary N) is 3. The van der Waals surface area contributed by atoms with Gasteiger partial charge in [-0.1, -0.05) is 18.2 Å². The largest absolute Gasteiger partial charge is 0.447 e. The number of aromatic nitrogens is 6. The summed E-state index contributed by atoms with van der Waals surface area (Å²) in [5.41, 5.74) is 0. The van der Waals surface area contributed by atoms with Crippen LogP contribution in [0.4, 0.5) is 0 Å². The Hall–Kier alpha value is -4.46. The first-order valence-corrected chi connectivity index (χ1v) is 11.7. The Labute approximate surface area is 230 Å². The molecule has 0 fully saturated rings. The summed E-state index contributed by atoms with van der Waals surface area (Å²) in [5.74, 6) is 3.20. The fourth-order valence-corrected chi connectivity index (χ4v) is 3.31. The van der Waals surface area contributed by atoms with Crippen molar-refractivity contribution in [1.82, 2.24) is 0 Å². The number of H-pyrrole nitrogens is 3. The molecular formula is C30H30N6Os+6. The van der Waals surface area contributed by atoms with E-state index in [0.29, 0.717) is 0 Å². The second-order valence-corrected chi connectivity index (χ2v) is 7.59. The Balaban J connectivity index is 0.000000152. The van der Waals surface area contributed by atoms with Crippen molar-refractivity contribution in [2.75, 3.05) is 0 Å². The molecule has 6 aromatic rings. The van der Waals surface area contributed by atoms with Crippen LogP contribution in [0.1, 0.15) is 0 Å². The van der Waals surface area contributed by atoms with E-state index in [1.54, 1.807) is 0 Å². The van der Waals surface area contributed by atoms with Gasteiger partial charge in [-0.2, -0.15) is 15.0 Å². The van der Waals surface area contributed by atoms with Crippen LogP contribution in [0, 0.1) is 0 Å². The van der Waals surface area contributed by atoms with Crippen molar-refractivity contribution in [3.63, 3.8) is 0 Å². The maximum Gasteiger partial charge on any atom is 0.447 e. The molecule has 0 atom stereocenters. The maximum absolute atomic E-state index is 3.15. The van der Waals surface area contributed by atoms with E-state index < -0.39 is 0 Å². The Morgan fingerprint density at radius 2 is 0.595 bits per heavy atom. The minimum Gasteiger partial charge on any atom is -0.155 e. The summed E-state index contributed by atoms with van der Waals surface area (Å²) < 4.78 is 6.08. The first kappa shape index (κ1) is 27.1. The first-order valence-electron chi connectivity index (χ1n) is 11.7. The molecule has 0 aliphatic rings. The molecule has 0 spiro atoms. The first-order chi connectivity index (χ1) is 17.9. The standard InChI is InChI=1S/3C10H9N2.Os/c3*1-4-8-12(9-5-1)10-6-2-3-7-11-10;/h3*1-9H;/q3*+1;/p+3. The zero-order chi connectivity index (χ0) is 24.7. The molecule has 37 heavy (non-hydrogen) atoms.